The van der Waals surface area contributed by atoms with Crippen molar-refractivity contribution in [1.82, 2.24) is 14.5 Å². The predicted octanol–water partition coefficient (Wildman–Crippen LogP) is 11.6. The number of nitrogens with zero attached hydrogens (tertiary/aromatic N) is 3. The molecule has 0 bridgehead atoms. The quantitative estimate of drug-likeness (QED) is 0.197. The van der Waals surface area contributed by atoms with Crippen LogP contribution in [0.25, 0.3) is 103 Å². The average Bonchev–Trinajstić information content (AvgIpc) is 3.76. The van der Waals surface area contributed by atoms with E-state index < -0.39 is 0 Å². The zero-order valence-electron chi connectivity index (χ0n) is 24.5. The molecule has 0 saturated carbocycles. The zero-order valence-corrected chi connectivity index (χ0v) is 25.3. The Hall–Kier alpha value is -5.84. The Balaban J connectivity index is 1.28. The van der Waals surface area contributed by atoms with E-state index in [1.807, 2.05) is 0 Å². The molecule has 10 aromatic rings. The van der Waals surface area contributed by atoms with Crippen LogP contribution in [0.15, 0.2) is 140 Å². The van der Waals surface area contributed by atoms with E-state index in [9.17, 15) is 0 Å². The van der Waals surface area contributed by atoms with Crippen molar-refractivity contribution in [3.63, 3.8) is 0 Å². The Morgan fingerprint density at radius 2 is 1.09 bits per heavy atom. The van der Waals surface area contributed by atoms with Crippen molar-refractivity contribution in [2.75, 3.05) is 0 Å². The minimum absolute atomic E-state index is 0.696. The summed E-state index contributed by atoms with van der Waals surface area (Å²) in [5.74, 6) is 0.696. The first-order chi connectivity index (χ1) is 22.8. The number of para-hydroxylation sites is 1. The monoisotopic (exact) mass is 601 g/mol. The van der Waals surface area contributed by atoms with Crippen LogP contribution in [0, 0.1) is 0 Å². The standard InChI is InChI=1S/C42H23N3S/c1-2-11-25-23-36-34(22-24(25)10-1)28-14-5-7-18-35(28)45(36)42-43-40(39-33-15-6-8-19-37(33)46-41(39)44-42)32-21-20-31-27-13-4-3-12-26(27)29-16-9-17-30(32)38(29)31/h1-23H. The summed E-state index contributed by atoms with van der Waals surface area (Å²) in [5.41, 5.74) is 9.51. The van der Waals surface area contributed by atoms with Gasteiger partial charge >= 0.3 is 0 Å². The lowest BCUT2D eigenvalue weighted by Crippen LogP contribution is -2.03. The van der Waals surface area contributed by atoms with Crippen molar-refractivity contribution >= 4 is 75.0 Å². The van der Waals surface area contributed by atoms with Gasteiger partial charge in [-0.05, 0) is 68.1 Å². The lowest BCUT2D eigenvalue weighted by Gasteiger charge is -2.13. The number of rotatable bonds is 2. The van der Waals surface area contributed by atoms with E-state index in [0.717, 1.165) is 32.5 Å². The van der Waals surface area contributed by atoms with E-state index in [0.29, 0.717) is 5.95 Å². The van der Waals surface area contributed by atoms with Gasteiger partial charge in [-0.2, -0.15) is 0 Å². The molecule has 11 rings (SSSR count). The van der Waals surface area contributed by atoms with Crippen molar-refractivity contribution in [2.24, 2.45) is 0 Å². The Bertz CT molecular complexity index is 2900. The van der Waals surface area contributed by atoms with Crippen molar-refractivity contribution in [3.8, 4) is 39.5 Å². The van der Waals surface area contributed by atoms with Crippen LogP contribution in [0.1, 0.15) is 0 Å². The number of thiophene rings is 1. The topological polar surface area (TPSA) is 30.7 Å². The molecule has 0 N–H and O–H groups in total. The van der Waals surface area contributed by atoms with Gasteiger partial charge in [0, 0.05) is 31.8 Å². The SMILES string of the molecule is c1ccc2c(c1)-c1cccc3c(-c4nc(-n5c6ccccc6c6cc7ccccc7cc65)nc5sc6ccccc6c45)ccc-2c13. The molecule has 0 unspecified atom stereocenters. The molecule has 0 amide bonds. The van der Waals surface area contributed by atoms with Crippen LogP contribution in [0.2, 0.25) is 0 Å². The largest absolute Gasteiger partial charge is 0.278 e. The predicted molar refractivity (Wildman–Crippen MR) is 194 cm³/mol. The van der Waals surface area contributed by atoms with Crippen molar-refractivity contribution in [3.05, 3.63) is 140 Å². The highest BCUT2D eigenvalue weighted by molar-refractivity contribution is 7.25. The van der Waals surface area contributed by atoms with Gasteiger partial charge in [-0.3, -0.25) is 4.57 Å². The van der Waals surface area contributed by atoms with Crippen molar-refractivity contribution in [2.45, 2.75) is 0 Å². The first-order valence-corrected chi connectivity index (χ1v) is 16.4. The molecule has 0 aliphatic heterocycles. The Morgan fingerprint density at radius 3 is 1.96 bits per heavy atom. The van der Waals surface area contributed by atoms with E-state index in [1.165, 1.54) is 64.7 Å². The second-order valence-corrected chi connectivity index (χ2v) is 13.2. The number of benzene rings is 7. The normalized spacial score (nSPS) is 12.3. The van der Waals surface area contributed by atoms with Gasteiger partial charge < -0.3 is 0 Å². The first-order valence-electron chi connectivity index (χ1n) is 15.6. The first kappa shape index (κ1) is 24.5. The van der Waals surface area contributed by atoms with Crippen LogP contribution in [0.3, 0.4) is 0 Å². The molecule has 1 aliphatic carbocycles. The second kappa shape index (κ2) is 8.87. The van der Waals surface area contributed by atoms with Gasteiger partial charge in [0.1, 0.15) is 4.83 Å². The summed E-state index contributed by atoms with van der Waals surface area (Å²) in [6, 6.07) is 50.5. The molecule has 3 heterocycles. The summed E-state index contributed by atoms with van der Waals surface area (Å²) in [7, 11) is 0. The fourth-order valence-corrected chi connectivity index (χ4v) is 8.86. The maximum atomic E-state index is 5.55. The van der Waals surface area contributed by atoms with Gasteiger partial charge in [-0.25, -0.2) is 9.97 Å². The van der Waals surface area contributed by atoms with Gasteiger partial charge in [0.15, 0.2) is 0 Å². The molecule has 0 saturated heterocycles. The molecule has 0 radical (unpaired) electrons. The molecule has 3 aromatic heterocycles. The Kier molecular flexibility index (Phi) is 4.72. The lowest BCUT2D eigenvalue weighted by atomic mass is 9.95. The smallest absolute Gasteiger partial charge is 0.236 e. The zero-order chi connectivity index (χ0) is 29.9. The molecule has 46 heavy (non-hydrogen) atoms. The van der Waals surface area contributed by atoms with Gasteiger partial charge in [0.2, 0.25) is 5.95 Å². The molecule has 1 aliphatic rings. The Morgan fingerprint density at radius 1 is 0.435 bits per heavy atom. The number of fused-ring (bicyclic) bond motifs is 10. The number of aromatic nitrogens is 3. The highest BCUT2D eigenvalue weighted by atomic mass is 32.1. The van der Waals surface area contributed by atoms with Gasteiger partial charge in [-0.1, -0.05) is 115 Å². The van der Waals surface area contributed by atoms with Crippen LogP contribution in [0.5, 0.6) is 0 Å². The van der Waals surface area contributed by atoms with Crippen LogP contribution < -0.4 is 0 Å². The fourth-order valence-electron chi connectivity index (χ4n) is 7.79. The summed E-state index contributed by atoms with van der Waals surface area (Å²) in [6.45, 7) is 0. The van der Waals surface area contributed by atoms with E-state index in [2.05, 4.69) is 144 Å². The minimum Gasteiger partial charge on any atom is -0.278 e. The van der Waals surface area contributed by atoms with E-state index in [1.54, 1.807) is 11.3 Å². The number of hydrogen-bond donors (Lipinski definition) is 0. The lowest BCUT2D eigenvalue weighted by molar-refractivity contribution is 1.02. The van der Waals surface area contributed by atoms with Gasteiger partial charge in [-0.15, -0.1) is 11.3 Å². The minimum atomic E-state index is 0.696. The fraction of sp³-hybridized carbons (Fsp3) is 0. The van der Waals surface area contributed by atoms with Gasteiger partial charge in [0.05, 0.1) is 16.7 Å². The number of hydrogen-bond acceptors (Lipinski definition) is 3. The highest BCUT2D eigenvalue weighted by Gasteiger charge is 2.25. The molecule has 3 nitrogen and oxygen atoms in total. The summed E-state index contributed by atoms with van der Waals surface area (Å²) in [4.78, 5) is 11.9. The average molecular weight is 602 g/mol. The third-order valence-electron chi connectivity index (χ3n) is 9.77. The summed E-state index contributed by atoms with van der Waals surface area (Å²) in [6.07, 6.45) is 0. The third-order valence-corrected chi connectivity index (χ3v) is 10.8. The summed E-state index contributed by atoms with van der Waals surface area (Å²) >= 11 is 1.74. The van der Waals surface area contributed by atoms with Crippen LogP contribution >= 0.6 is 11.3 Å². The van der Waals surface area contributed by atoms with E-state index >= 15 is 0 Å². The van der Waals surface area contributed by atoms with Crippen LogP contribution in [0.4, 0.5) is 0 Å². The van der Waals surface area contributed by atoms with Crippen molar-refractivity contribution < 1.29 is 0 Å². The van der Waals surface area contributed by atoms with Crippen molar-refractivity contribution in [1.29, 1.82) is 0 Å². The Labute approximate surface area is 267 Å². The van der Waals surface area contributed by atoms with E-state index in [-0.39, 0.29) is 0 Å². The summed E-state index contributed by atoms with van der Waals surface area (Å²) in [5, 5.41) is 9.68. The van der Waals surface area contributed by atoms with E-state index in [4.69, 9.17) is 9.97 Å². The third kappa shape index (κ3) is 3.16. The molecule has 212 valence electrons. The summed E-state index contributed by atoms with van der Waals surface area (Å²) < 4.78 is 3.48. The maximum absolute atomic E-state index is 5.55. The molecule has 0 atom stereocenters. The molecule has 0 spiro atoms. The molecule has 4 heteroatoms. The molecule has 0 fully saturated rings. The van der Waals surface area contributed by atoms with Gasteiger partial charge in [0.25, 0.3) is 0 Å². The molecular weight excluding hydrogens is 579 g/mol. The molecule has 7 aromatic carbocycles. The molecular formula is C42H23N3S. The van der Waals surface area contributed by atoms with Crippen LogP contribution in [-0.4, -0.2) is 14.5 Å². The highest BCUT2D eigenvalue weighted by Crippen LogP contribution is 2.50. The second-order valence-electron chi connectivity index (χ2n) is 12.2. The van der Waals surface area contributed by atoms with Crippen LogP contribution in [-0.2, 0) is 0 Å². The maximum Gasteiger partial charge on any atom is 0.236 e.